The number of carbonyl (C=O) groups is 1. The van der Waals surface area contributed by atoms with Crippen LogP contribution in [0.1, 0.15) is 66.5 Å². The number of alkyl halides is 3. The second-order valence-electron chi connectivity index (χ2n) is 10.9. The van der Waals surface area contributed by atoms with Gasteiger partial charge in [-0.2, -0.15) is 18.2 Å². The zero-order valence-corrected chi connectivity index (χ0v) is 23.8. The van der Waals surface area contributed by atoms with Gasteiger partial charge < -0.3 is 19.9 Å². The van der Waals surface area contributed by atoms with Gasteiger partial charge in [0.2, 0.25) is 11.8 Å². The fourth-order valence-corrected chi connectivity index (χ4v) is 5.37. The van der Waals surface area contributed by atoms with Crippen LogP contribution in [0.15, 0.2) is 61.2 Å². The zero-order valence-electron chi connectivity index (χ0n) is 23.8. The second kappa shape index (κ2) is 12.0. The molecule has 2 aromatic heterocycles. The molecule has 1 saturated carbocycles. The van der Waals surface area contributed by atoms with Crippen molar-refractivity contribution in [1.82, 2.24) is 19.5 Å². The van der Waals surface area contributed by atoms with E-state index in [1.807, 2.05) is 11.8 Å². The maximum atomic E-state index is 14.0. The Morgan fingerprint density at radius 3 is 2.47 bits per heavy atom. The molecule has 226 valence electrons. The molecule has 2 aromatic carbocycles. The van der Waals surface area contributed by atoms with Gasteiger partial charge in [0.15, 0.2) is 11.5 Å². The van der Waals surface area contributed by atoms with Crippen molar-refractivity contribution < 1.29 is 27.5 Å². The van der Waals surface area contributed by atoms with Gasteiger partial charge in [-0.3, -0.25) is 0 Å². The number of aromatic carboxylic acids is 1. The standard InChI is InChI=1S/C31H32F4N6O2/c1-4-15-40(19(3)21-7-5-8-21)28-25-26(37-27(38-28)29(42)43)39-30(36-18(2)22-9-6-10-24(32)16-22)41(25)17-20-11-13-23(14-12-20)31(33,34)35/h4,6,9-14,16,18-19,21H,1,5,7-8,15,17H2,2-3H3,(H,42,43)(H,36,37,38,39). The van der Waals surface area contributed by atoms with E-state index in [-0.39, 0.29) is 24.2 Å². The van der Waals surface area contributed by atoms with Gasteiger partial charge in [-0.25, -0.2) is 19.2 Å². The van der Waals surface area contributed by atoms with Crippen LogP contribution in [0, 0.1) is 11.7 Å². The third kappa shape index (κ3) is 6.32. The smallest absolute Gasteiger partial charge is 0.416 e. The van der Waals surface area contributed by atoms with Crippen molar-refractivity contribution in [3.8, 4) is 0 Å². The molecule has 0 radical (unpaired) electrons. The number of nitrogens with one attached hydrogen (secondary N) is 1. The molecule has 1 fully saturated rings. The molecule has 2 unspecified atom stereocenters. The SMILES string of the molecule is C=CCN(c1nc(C(=O)O)nc2nc(NC(C)c3cccc(F)c3)n(Cc3ccc(C(F)(F)F)cc3)c12)C(C)C1CCC1. The van der Waals surface area contributed by atoms with Crippen molar-refractivity contribution in [1.29, 1.82) is 0 Å². The molecule has 2 atom stereocenters. The molecule has 1 aliphatic carbocycles. The number of imidazole rings is 1. The Kier molecular flexibility index (Phi) is 8.38. The summed E-state index contributed by atoms with van der Waals surface area (Å²) in [7, 11) is 0. The summed E-state index contributed by atoms with van der Waals surface area (Å²) < 4.78 is 55.5. The molecule has 5 rings (SSSR count). The Bertz CT molecular complexity index is 1630. The van der Waals surface area contributed by atoms with Crippen LogP contribution in [0.25, 0.3) is 11.2 Å². The van der Waals surface area contributed by atoms with Gasteiger partial charge in [0.05, 0.1) is 18.2 Å². The summed E-state index contributed by atoms with van der Waals surface area (Å²) in [4.78, 5) is 27.4. The summed E-state index contributed by atoms with van der Waals surface area (Å²) in [6.45, 7) is 8.22. The molecule has 43 heavy (non-hydrogen) atoms. The topological polar surface area (TPSA) is 96.2 Å². The molecule has 4 aromatic rings. The van der Waals surface area contributed by atoms with E-state index in [9.17, 15) is 27.5 Å². The fraction of sp³-hybridized carbons (Fsp3) is 0.355. The Morgan fingerprint density at radius 1 is 1.16 bits per heavy atom. The van der Waals surface area contributed by atoms with Crippen molar-refractivity contribution in [3.05, 3.63) is 89.5 Å². The molecule has 0 spiro atoms. The normalized spacial score (nSPS) is 15.1. The highest BCUT2D eigenvalue weighted by molar-refractivity contribution is 5.92. The minimum Gasteiger partial charge on any atom is -0.475 e. The van der Waals surface area contributed by atoms with E-state index in [1.165, 1.54) is 24.3 Å². The molecule has 0 saturated heterocycles. The van der Waals surface area contributed by atoms with Crippen LogP contribution in [-0.4, -0.2) is 43.2 Å². The molecular weight excluding hydrogens is 564 g/mol. The summed E-state index contributed by atoms with van der Waals surface area (Å²) in [5, 5.41) is 13.1. The minimum atomic E-state index is -4.48. The predicted molar refractivity (Wildman–Crippen MR) is 156 cm³/mol. The lowest BCUT2D eigenvalue weighted by atomic mass is 9.79. The molecule has 12 heteroatoms. The van der Waals surface area contributed by atoms with Crippen LogP contribution < -0.4 is 10.2 Å². The van der Waals surface area contributed by atoms with Gasteiger partial charge in [0, 0.05) is 12.6 Å². The first-order valence-electron chi connectivity index (χ1n) is 14.0. The lowest BCUT2D eigenvalue weighted by Crippen LogP contribution is -2.42. The molecule has 1 aliphatic rings. The van der Waals surface area contributed by atoms with Gasteiger partial charge in [-0.15, -0.1) is 6.58 Å². The van der Waals surface area contributed by atoms with E-state index in [1.54, 1.807) is 22.8 Å². The van der Waals surface area contributed by atoms with E-state index in [2.05, 4.69) is 33.8 Å². The number of aromatic nitrogens is 4. The number of halogens is 4. The van der Waals surface area contributed by atoms with E-state index >= 15 is 0 Å². The summed E-state index contributed by atoms with van der Waals surface area (Å²) in [5.74, 6) is -1.17. The van der Waals surface area contributed by atoms with Gasteiger partial charge >= 0.3 is 12.1 Å². The quantitative estimate of drug-likeness (QED) is 0.141. The maximum Gasteiger partial charge on any atom is 0.416 e. The van der Waals surface area contributed by atoms with E-state index < -0.39 is 35.4 Å². The number of anilines is 2. The van der Waals surface area contributed by atoms with Gasteiger partial charge in [-0.05, 0) is 68.0 Å². The lowest BCUT2D eigenvalue weighted by molar-refractivity contribution is -0.137. The van der Waals surface area contributed by atoms with Gasteiger partial charge in [-0.1, -0.05) is 36.8 Å². The monoisotopic (exact) mass is 596 g/mol. The molecule has 0 bridgehead atoms. The third-order valence-corrected chi connectivity index (χ3v) is 8.01. The number of nitrogens with zero attached hydrogens (tertiary/aromatic N) is 5. The van der Waals surface area contributed by atoms with Crippen LogP contribution in [0.4, 0.5) is 29.3 Å². The molecule has 0 aliphatic heterocycles. The minimum absolute atomic E-state index is 0.0106. The first kappa shape index (κ1) is 30.0. The van der Waals surface area contributed by atoms with Crippen LogP contribution in [-0.2, 0) is 12.7 Å². The highest BCUT2D eigenvalue weighted by Crippen LogP contribution is 2.37. The largest absolute Gasteiger partial charge is 0.475 e. The number of hydrogen-bond acceptors (Lipinski definition) is 6. The van der Waals surface area contributed by atoms with E-state index in [0.717, 1.165) is 31.4 Å². The van der Waals surface area contributed by atoms with Gasteiger partial charge in [0.1, 0.15) is 11.3 Å². The van der Waals surface area contributed by atoms with Crippen LogP contribution in [0.3, 0.4) is 0 Å². The number of carboxylic acid groups (broad SMARTS) is 1. The molecular formula is C31H32F4N6O2. The van der Waals surface area contributed by atoms with Gasteiger partial charge in [0.25, 0.3) is 0 Å². The summed E-state index contributed by atoms with van der Waals surface area (Å²) in [6, 6.07) is 10.4. The zero-order chi connectivity index (χ0) is 30.9. The fourth-order valence-electron chi connectivity index (χ4n) is 5.37. The Balaban J connectivity index is 1.68. The summed E-state index contributed by atoms with van der Waals surface area (Å²) in [5.41, 5.74) is 0.943. The molecule has 2 N–H and O–H groups in total. The summed E-state index contributed by atoms with van der Waals surface area (Å²) >= 11 is 0. The third-order valence-electron chi connectivity index (χ3n) is 8.01. The van der Waals surface area contributed by atoms with Crippen molar-refractivity contribution in [2.45, 2.75) is 57.9 Å². The molecule has 2 heterocycles. The Labute approximate surface area is 246 Å². The highest BCUT2D eigenvalue weighted by Gasteiger charge is 2.33. The van der Waals surface area contributed by atoms with Crippen LogP contribution in [0.5, 0.6) is 0 Å². The average molecular weight is 597 g/mol. The van der Waals surface area contributed by atoms with E-state index in [0.29, 0.717) is 34.9 Å². The number of fused-ring (bicyclic) bond motifs is 1. The summed E-state index contributed by atoms with van der Waals surface area (Å²) in [6.07, 6.45) is 0.388. The number of hydrogen-bond donors (Lipinski definition) is 2. The Hall–Kier alpha value is -4.48. The number of benzene rings is 2. The predicted octanol–water partition coefficient (Wildman–Crippen LogP) is 7.08. The first-order chi connectivity index (χ1) is 20.5. The van der Waals surface area contributed by atoms with Crippen molar-refractivity contribution in [3.63, 3.8) is 0 Å². The van der Waals surface area contributed by atoms with Crippen LogP contribution >= 0.6 is 0 Å². The molecule has 0 amide bonds. The number of carboxylic acids is 1. The highest BCUT2D eigenvalue weighted by atomic mass is 19.4. The second-order valence-corrected chi connectivity index (χ2v) is 10.9. The van der Waals surface area contributed by atoms with Crippen molar-refractivity contribution >= 4 is 28.9 Å². The Morgan fingerprint density at radius 2 is 1.88 bits per heavy atom. The lowest BCUT2D eigenvalue weighted by Gasteiger charge is -2.39. The molecule has 8 nitrogen and oxygen atoms in total. The van der Waals surface area contributed by atoms with E-state index in [4.69, 9.17) is 0 Å². The first-order valence-corrected chi connectivity index (χ1v) is 14.0. The maximum absolute atomic E-state index is 14.0. The average Bonchev–Trinajstić information content (AvgIpc) is 3.26. The number of rotatable bonds is 11. The van der Waals surface area contributed by atoms with Crippen molar-refractivity contribution in [2.24, 2.45) is 5.92 Å². The van der Waals surface area contributed by atoms with Crippen LogP contribution in [0.2, 0.25) is 0 Å². The van der Waals surface area contributed by atoms with Crippen molar-refractivity contribution in [2.75, 3.05) is 16.8 Å².